The van der Waals surface area contributed by atoms with E-state index in [-0.39, 0.29) is 5.41 Å². The molecule has 0 fully saturated rings. The Kier molecular flexibility index (Phi) is 4.85. The van der Waals surface area contributed by atoms with Crippen LogP contribution >= 0.6 is 0 Å². The summed E-state index contributed by atoms with van der Waals surface area (Å²) in [4.78, 5) is 22.2. The summed E-state index contributed by atoms with van der Waals surface area (Å²) in [6.07, 6.45) is -5.10. The fraction of sp³-hybridized carbons (Fsp3) is 0.818. The molecule has 0 spiro atoms. The van der Waals surface area contributed by atoms with Crippen molar-refractivity contribution in [3.8, 4) is 0 Å². The molecular weight excluding hydrogens is 265 g/mol. The summed E-state index contributed by atoms with van der Waals surface area (Å²) >= 11 is 0. The monoisotopic (exact) mass is 284 g/mol. The van der Waals surface area contributed by atoms with E-state index in [0.29, 0.717) is 6.92 Å². The van der Waals surface area contributed by atoms with Crippen LogP contribution in [0.5, 0.6) is 0 Å². The minimum atomic E-state index is -5.10. The SMILES string of the molecule is CC(NC(=O)NC(C)(C(=O)O)C(F)(F)F)C(C)(C)C. The number of hydrogen-bond acceptors (Lipinski definition) is 2. The van der Waals surface area contributed by atoms with Gasteiger partial charge in [-0.1, -0.05) is 20.8 Å². The molecule has 0 aliphatic rings. The van der Waals surface area contributed by atoms with Crippen LogP contribution in [0.25, 0.3) is 0 Å². The molecule has 2 unspecified atom stereocenters. The van der Waals surface area contributed by atoms with E-state index in [4.69, 9.17) is 5.11 Å². The highest BCUT2D eigenvalue weighted by atomic mass is 19.4. The predicted octanol–water partition coefficient (Wildman–Crippen LogP) is 2.13. The van der Waals surface area contributed by atoms with Crippen LogP contribution in [0.2, 0.25) is 0 Å². The van der Waals surface area contributed by atoms with Crippen molar-refractivity contribution in [3.63, 3.8) is 0 Å². The number of halogens is 3. The third kappa shape index (κ3) is 4.29. The van der Waals surface area contributed by atoms with Gasteiger partial charge in [0, 0.05) is 6.04 Å². The Morgan fingerprint density at radius 1 is 1.11 bits per heavy atom. The number of hydrogen-bond donors (Lipinski definition) is 3. The quantitative estimate of drug-likeness (QED) is 0.743. The number of carbonyl (C=O) groups excluding carboxylic acids is 1. The number of alkyl halides is 3. The molecule has 0 bridgehead atoms. The molecule has 0 aromatic heterocycles. The summed E-state index contributed by atoms with van der Waals surface area (Å²) in [5.41, 5.74) is -3.69. The normalized spacial score (nSPS) is 17.3. The molecule has 0 aliphatic heterocycles. The van der Waals surface area contributed by atoms with Crippen LogP contribution in [-0.4, -0.2) is 34.9 Å². The van der Waals surface area contributed by atoms with Crippen LogP contribution < -0.4 is 10.6 Å². The zero-order valence-electron chi connectivity index (χ0n) is 11.5. The highest BCUT2D eigenvalue weighted by Gasteiger charge is 2.58. The van der Waals surface area contributed by atoms with Gasteiger partial charge in [-0.15, -0.1) is 0 Å². The third-order valence-corrected chi connectivity index (χ3v) is 3.00. The molecule has 0 saturated heterocycles. The van der Waals surface area contributed by atoms with Crippen LogP contribution in [0.1, 0.15) is 34.6 Å². The standard InChI is InChI=1S/C11H19F3N2O3/c1-6(9(2,3)4)15-8(19)16-10(5,7(17)18)11(12,13)14/h6H,1-5H3,(H,17,18)(H2,15,16,19). The molecule has 5 nitrogen and oxygen atoms in total. The Bertz CT molecular complexity index is 363. The lowest BCUT2D eigenvalue weighted by molar-refractivity contribution is -0.203. The maximum absolute atomic E-state index is 12.7. The lowest BCUT2D eigenvalue weighted by Gasteiger charge is -2.32. The molecule has 2 atom stereocenters. The van der Waals surface area contributed by atoms with E-state index in [9.17, 15) is 22.8 Å². The first-order chi connectivity index (χ1) is 8.22. The van der Waals surface area contributed by atoms with Crippen molar-refractivity contribution in [2.24, 2.45) is 5.41 Å². The van der Waals surface area contributed by atoms with E-state index in [1.54, 1.807) is 27.7 Å². The molecule has 19 heavy (non-hydrogen) atoms. The summed E-state index contributed by atoms with van der Waals surface area (Å²) in [6, 6.07) is -1.61. The Balaban J connectivity index is 4.92. The Labute approximate surface area is 109 Å². The van der Waals surface area contributed by atoms with Gasteiger partial charge in [0.25, 0.3) is 0 Å². The number of amides is 2. The molecule has 0 saturated carbocycles. The fourth-order valence-electron chi connectivity index (χ4n) is 0.922. The molecule has 3 N–H and O–H groups in total. The highest BCUT2D eigenvalue weighted by Crippen LogP contribution is 2.30. The van der Waals surface area contributed by atoms with E-state index >= 15 is 0 Å². The largest absolute Gasteiger partial charge is 0.479 e. The fourth-order valence-corrected chi connectivity index (χ4v) is 0.922. The molecule has 0 heterocycles. The second kappa shape index (κ2) is 5.26. The summed E-state index contributed by atoms with van der Waals surface area (Å²) in [7, 11) is 0. The predicted molar refractivity (Wildman–Crippen MR) is 62.7 cm³/mol. The number of nitrogens with one attached hydrogen (secondary N) is 2. The molecule has 0 aromatic carbocycles. The van der Waals surface area contributed by atoms with Gasteiger partial charge in [0.05, 0.1) is 0 Å². The summed E-state index contributed by atoms with van der Waals surface area (Å²) in [5, 5.41) is 12.4. The highest BCUT2D eigenvalue weighted by molar-refractivity contribution is 5.86. The average Bonchev–Trinajstić information content (AvgIpc) is 2.13. The zero-order chi connectivity index (χ0) is 15.6. The molecule has 2 amide bonds. The van der Waals surface area contributed by atoms with Gasteiger partial charge in [-0.05, 0) is 19.3 Å². The average molecular weight is 284 g/mol. The molecule has 0 radical (unpaired) electrons. The smallest absolute Gasteiger partial charge is 0.422 e. The van der Waals surface area contributed by atoms with E-state index in [0.717, 1.165) is 0 Å². The Morgan fingerprint density at radius 2 is 1.53 bits per heavy atom. The zero-order valence-corrected chi connectivity index (χ0v) is 11.5. The minimum Gasteiger partial charge on any atom is -0.479 e. The molecule has 0 aliphatic carbocycles. The van der Waals surface area contributed by atoms with Gasteiger partial charge < -0.3 is 15.7 Å². The molecule has 112 valence electrons. The van der Waals surface area contributed by atoms with Gasteiger partial charge in [-0.25, -0.2) is 9.59 Å². The number of carboxylic acid groups (broad SMARTS) is 1. The lowest BCUT2D eigenvalue weighted by Crippen LogP contribution is -2.64. The van der Waals surface area contributed by atoms with E-state index < -0.39 is 29.8 Å². The summed E-state index contributed by atoms with van der Waals surface area (Å²) in [5.74, 6) is -2.17. The number of rotatable bonds is 3. The number of carboxylic acids is 1. The third-order valence-electron chi connectivity index (χ3n) is 3.00. The van der Waals surface area contributed by atoms with Crippen LogP contribution in [-0.2, 0) is 4.79 Å². The Hall–Kier alpha value is -1.47. The van der Waals surface area contributed by atoms with Gasteiger partial charge in [0.15, 0.2) is 0 Å². The number of urea groups is 1. The molecule has 0 aromatic rings. The second-order valence-electron chi connectivity index (χ2n) is 5.61. The van der Waals surface area contributed by atoms with Gasteiger partial charge >= 0.3 is 18.2 Å². The Morgan fingerprint density at radius 3 is 1.79 bits per heavy atom. The topological polar surface area (TPSA) is 78.4 Å². The first-order valence-electron chi connectivity index (χ1n) is 5.60. The van der Waals surface area contributed by atoms with Crippen LogP contribution in [0, 0.1) is 5.41 Å². The molecular formula is C11H19F3N2O3. The van der Waals surface area contributed by atoms with Crippen LogP contribution in [0.3, 0.4) is 0 Å². The van der Waals surface area contributed by atoms with Crippen molar-refractivity contribution in [3.05, 3.63) is 0 Å². The van der Waals surface area contributed by atoms with Crippen molar-refractivity contribution >= 4 is 12.0 Å². The van der Waals surface area contributed by atoms with Crippen molar-refractivity contribution in [2.45, 2.75) is 52.4 Å². The van der Waals surface area contributed by atoms with Gasteiger partial charge in [-0.3, -0.25) is 0 Å². The molecule has 8 heteroatoms. The number of aliphatic carboxylic acids is 1. The maximum atomic E-state index is 12.7. The summed E-state index contributed by atoms with van der Waals surface area (Å²) < 4.78 is 38.0. The number of carbonyl (C=O) groups is 2. The van der Waals surface area contributed by atoms with E-state index in [1.165, 1.54) is 5.32 Å². The van der Waals surface area contributed by atoms with Crippen LogP contribution in [0.15, 0.2) is 0 Å². The van der Waals surface area contributed by atoms with E-state index in [2.05, 4.69) is 5.32 Å². The van der Waals surface area contributed by atoms with Gasteiger partial charge in [0.1, 0.15) is 0 Å². The minimum absolute atomic E-state index is 0.366. The van der Waals surface area contributed by atoms with E-state index in [1.807, 2.05) is 0 Å². The van der Waals surface area contributed by atoms with Gasteiger partial charge in [-0.2, -0.15) is 13.2 Å². The molecule has 0 rings (SSSR count). The first-order valence-corrected chi connectivity index (χ1v) is 5.60. The van der Waals surface area contributed by atoms with Gasteiger partial charge in [0.2, 0.25) is 5.54 Å². The maximum Gasteiger partial charge on any atom is 0.422 e. The lowest BCUT2D eigenvalue weighted by atomic mass is 9.88. The second-order valence-corrected chi connectivity index (χ2v) is 5.61. The first kappa shape index (κ1) is 17.5. The van der Waals surface area contributed by atoms with Crippen molar-refractivity contribution < 1.29 is 27.9 Å². The van der Waals surface area contributed by atoms with Crippen LogP contribution in [0.4, 0.5) is 18.0 Å². The van der Waals surface area contributed by atoms with Crippen molar-refractivity contribution in [1.82, 2.24) is 10.6 Å². The van der Waals surface area contributed by atoms with Crippen molar-refractivity contribution in [1.29, 1.82) is 0 Å². The van der Waals surface area contributed by atoms with Crippen molar-refractivity contribution in [2.75, 3.05) is 0 Å². The summed E-state index contributed by atoms with van der Waals surface area (Å²) in [6.45, 7) is 7.39.